The van der Waals surface area contributed by atoms with Crippen LogP contribution < -0.4 is 0 Å². The van der Waals surface area contributed by atoms with Crippen molar-refractivity contribution in [3.05, 3.63) is 0 Å². The standard InChI is InChI=1S/C15H33NO/c1-4-5-6-7-8-9-10-11-13-16(3)14-12-15(2)17/h15,17H,4-14H2,1-3H3. The molecule has 0 rings (SSSR count). The Morgan fingerprint density at radius 1 is 0.882 bits per heavy atom. The fourth-order valence-electron chi connectivity index (χ4n) is 2.03. The lowest BCUT2D eigenvalue weighted by molar-refractivity contribution is 0.164. The van der Waals surface area contributed by atoms with Crippen LogP contribution in [-0.2, 0) is 0 Å². The summed E-state index contributed by atoms with van der Waals surface area (Å²) >= 11 is 0. The van der Waals surface area contributed by atoms with Gasteiger partial charge in [-0.1, -0.05) is 51.9 Å². The molecule has 0 heterocycles. The molecular weight excluding hydrogens is 210 g/mol. The van der Waals surface area contributed by atoms with Crippen molar-refractivity contribution in [2.75, 3.05) is 20.1 Å². The van der Waals surface area contributed by atoms with Gasteiger partial charge in [-0.25, -0.2) is 0 Å². The van der Waals surface area contributed by atoms with E-state index in [9.17, 15) is 5.11 Å². The van der Waals surface area contributed by atoms with Crippen molar-refractivity contribution in [3.63, 3.8) is 0 Å². The molecule has 0 bridgehead atoms. The van der Waals surface area contributed by atoms with E-state index in [-0.39, 0.29) is 6.10 Å². The van der Waals surface area contributed by atoms with Crippen molar-refractivity contribution in [2.45, 2.75) is 77.7 Å². The van der Waals surface area contributed by atoms with Gasteiger partial charge < -0.3 is 10.0 Å². The van der Waals surface area contributed by atoms with Crippen LogP contribution in [0.2, 0.25) is 0 Å². The van der Waals surface area contributed by atoms with Crippen LogP contribution in [0.15, 0.2) is 0 Å². The number of rotatable bonds is 12. The molecule has 0 radical (unpaired) electrons. The molecule has 0 fully saturated rings. The maximum Gasteiger partial charge on any atom is 0.0524 e. The Bertz CT molecular complexity index is 148. The first kappa shape index (κ1) is 16.9. The maximum atomic E-state index is 9.19. The van der Waals surface area contributed by atoms with E-state index in [4.69, 9.17) is 0 Å². The van der Waals surface area contributed by atoms with Gasteiger partial charge in [0.2, 0.25) is 0 Å². The number of hydrogen-bond acceptors (Lipinski definition) is 2. The number of hydrogen-bond donors (Lipinski definition) is 1. The summed E-state index contributed by atoms with van der Waals surface area (Å²) in [5.41, 5.74) is 0. The zero-order chi connectivity index (χ0) is 12.9. The fourth-order valence-corrected chi connectivity index (χ4v) is 2.03. The van der Waals surface area contributed by atoms with Gasteiger partial charge in [0, 0.05) is 6.54 Å². The highest BCUT2D eigenvalue weighted by Crippen LogP contribution is 2.08. The molecule has 0 aromatic rings. The largest absolute Gasteiger partial charge is 0.393 e. The quantitative estimate of drug-likeness (QED) is 0.527. The van der Waals surface area contributed by atoms with E-state index in [0.717, 1.165) is 13.0 Å². The summed E-state index contributed by atoms with van der Waals surface area (Å²) in [7, 11) is 2.16. The Kier molecular flexibility index (Phi) is 12.3. The number of aliphatic hydroxyl groups is 1. The number of nitrogens with zero attached hydrogens (tertiary/aromatic N) is 1. The van der Waals surface area contributed by atoms with Crippen LogP contribution in [0.4, 0.5) is 0 Å². The first-order valence-corrected chi connectivity index (χ1v) is 7.53. The molecule has 0 aliphatic heterocycles. The number of unbranched alkanes of at least 4 members (excludes halogenated alkanes) is 7. The topological polar surface area (TPSA) is 23.5 Å². The highest BCUT2D eigenvalue weighted by Gasteiger charge is 2.01. The minimum Gasteiger partial charge on any atom is -0.393 e. The van der Waals surface area contributed by atoms with E-state index < -0.39 is 0 Å². The normalized spacial score (nSPS) is 13.2. The van der Waals surface area contributed by atoms with Crippen molar-refractivity contribution in [1.29, 1.82) is 0 Å². The molecule has 0 amide bonds. The molecule has 0 saturated carbocycles. The Morgan fingerprint density at radius 2 is 1.41 bits per heavy atom. The van der Waals surface area contributed by atoms with Gasteiger partial charge in [-0.3, -0.25) is 0 Å². The van der Waals surface area contributed by atoms with Crippen LogP contribution in [0.25, 0.3) is 0 Å². The number of aliphatic hydroxyl groups excluding tert-OH is 1. The molecule has 1 unspecified atom stereocenters. The second kappa shape index (κ2) is 12.4. The second-order valence-corrected chi connectivity index (χ2v) is 5.42. The van der Waals surface area contributed by atoms with E-state index in [1.165, 1.54) is 57.9 Å². The summed E-state index contributed by atoms with van der Waals surface area (Å²) in [5.74, 6) is 0. The third-order valence-corrected chi connectivity index (χ3v) is 3.32. The predicted molar refractivity (Wildman–Crippen MR) is 76.4 cm³/mol. The summed E-state index contributed by atoms with van der Waals surface area (Å²) in [6.45, 7) is 6.34. The Hall–Kier alpha value is -0.0800. The smallest absolute Gasteiger partial charge is 0.0524 e. The molecule has 0 spiro atoms. The van der Waals surface area contributed by atoms with Crippen molar-refractivity contribution < 1.29 is 5.11 Å². The molecule has 1 N–H and O–H groups in total. The van der Waals surface area contributed by atoms with Gasteiger partial charge in [0.1, 0.15) is 0 Å². The van der Waals surface area contributed by atoms with Crippen LogP contribution in [0.5, 0.6) is 0 Å². The van der Waals surface area contributed by atoms with E-state index in [1.807, 2.05) is 6.92 Å². The first-order valence-electron chi connectivity index (χ1n) is 7.53. The average Bonchev–Trinajstić information content (AvgIpc) is 2.30. The Labute approximate surface area is 108 Å². The van der Waals surface area contributed by atoms with Gasteiger partial charge >= 0.3 is 0 Å². The van der Waals surface area contributed by atoms with Crippen LogP contribution >= 0.6 is 0 Å². The molecule has 2 nitrogen and oxygen atoms in total. The molecule has 0 aromatic heterocycles. The van der Waals surface area contributed by atoms with Crippen molar-refractivity contribution in [2.24, 2.45) is 0 Å². The molecule has 0 aliphatic carbocycles. The highest BCUT2D eigenvalue weighted by atomic mass is 16.3. The molecule has 17 heavy (non-hydrogen) atoms. The summed E-state index contributed by atoms with van der Waals surface area (Å²) in [4.78, 5) is 2.34. The lowest BCUT2D eigenvalue weighted by atomic mass is 10.1. The summed E-state index contributed by atoms with van der Waals surface area (Å²) < 4.78 is 0. The summed E-state index contributed by atoms with van der Waals surface area (Å²) in [6, 6.07) is 0. The molecule has 0 aliphatic rings. The summed E-state index contributed by atoms with van der Waals surface area (Å²) in [6.07, 6.45) is 11.8. The van der Waals surface area contributed by atoms with Gasteiger partial charge in [0.15, 0.2) is 0 Å². The molecule has 104 valence electrons. The average molecular weight is 243 g/mol. The van der Waals surface area contributed by atoms with Gasteiger partial charge in [-0.15, -0.1) is 0 Å². The van der Waals surface area contributed by atoms with Gasteiger partial charge in [0.25, 0.3) is 0 Å². The van der Waals surface area contributed by atoms with Crippen molar-refractivity contribution in [3.8, 4) is 0 Å². The minimum atomic E-state index is -0.156. The minimum absolute atomic E-state index is 0.156. The van der Waals surface area contributed by atoms with Crippen LogP contribution in [0, 0.1) is 0 Å². The summed E-state index contributed by atoms with van der Waals surface area (Å²) in [5, 5.41) is 9.19. The van der Waals surface area contributed by atoms with E-state index >= 15 is 0 Å². The zero-order valence-corrected chi connectivity index (χ0v) is 12.2. The SMILES string of the molecule is CCCCCCCCCCN(C)CCC(C)O. The van der Waals surface area contributed by atoms with Crippen LogP contribution in [-0.4, -0.2) is 36.2 Å². The van der Waals surface area contributed by atoms with Crippen LogP contribution in [0.3, 0.4) is 0 Å². The fraction of sp³-hybridized carbons (Fsp3) is 1.00. The van der Waals surface area contributed by atoms with Crippen molar-refractivity contribution in [1.82, 2.24) is 4.90 Å². The van der Waals surface area contributed by atoms with E-state index in [0.29, 0.717) is 0 Å². The first-order chi connectivity index (χ1) is 8.16. The zero-order valence-electron chi connectivity index (χ0n) is 12.2. The maximum absolute atomic E-state index is 9.19. The van der Waals surface area contributed by atoms with E-state index in [2.05, 4.69) is 18.9 Å². The third-order valence-electron chi connectivity index (χ3n) is 3.32. The van der Waals surface area contributed by atoms with Gasteiger partial charge in [0.05, 0.1) is 6.10 Å². The highest BCUT2D eigenvalue weighted by molar-refractivity contribution is 4.56. The lowest BCUT2D eigenvalue weighted by Crippen LogP contribution is -2.23. The molecular formula is C15H33NO. The molecule has 2 heteroatoms. The third kappa shape index (κ3) is 13.9. The molecule has 0 saturated heterocycles. The monoisotopic (exact) mass is 243 g/mol. The van der Waals surface area contributed by atoms with Gasteiger partial charge in [-0.2, -0.15) is 0 Å². The Morgan fingerprint density at radius 3 is 1.94 bits per heavy atom. The molecule has 1 atom stereocenters. The van der Waals surface area contributed by atoms with E-state index in [1.54, 1.807) is 0 Å². The second-order valence-electron chi connectivity index (χ2n) is 5.42. The lowest BCUT2D eigenvalue weighted by Gasteiger charge is -2.17. The molecule has 0 aromatic carbocycles. The van der Waals surface area contributed by atoms with Gasteiger partial charge in [-0.05, 0) is 33.4 Å². The van der Waals surface area contributed by atoms with Crippen molar-refractivity contribution >= 4 is 0 Å². The van der Waals surface area contributed by atoms with Crippen LogP contribution in [0.1, 0.15) is 71.6 Å². The predicted octanol–water partition coefficient (Wildman–Crippen LogP) is 3.83. The Balaban J connectivity index is 3.11.